The number of halogens is 1. The topological polar surface area (TPSA) is 109 Å². The molecule has 0 amide bonds. The fourth-order valence-electron chi connectivity index (χ4n) is 1.77. The van der Waals surface area contributed by atoms with Gasteiger partial charge in [-0.25, -0.2) is 18.5 Å². The summed E-state index contributed by atoms with van der Waals surface area (Å²) in [7, 11) is -1.96. The average Bonchev–Trinajstić information content (AvgIpc) is 3.06. The van der Waals surface area contributed by atoms with E-state index in [4.69, 9.17) is 5.14 Å². The number of nitrogens with two attached hydrogens (primary N) is 1. The van der Waals surface area contributed by atoms with E-state index >= 15 is 0 Å². The predicted octanol–water partition coefficient (Wildman–Crippen LogP) is 1.95. The van der Waals surface area contributed by atoms with Gasteiger partial charge in [0.25, 0.3) is 0 Å². The number of thiophene rings is 1. The minimum absolute atomic E-state index is 0. The van der Waals surface area contributed by atoms with E-state index in [1.165, 1.54) is 10.9 Å². The molecule has 0 aliphatic carbocycles. The molecule has 0 saturated heterocycles. The SMILES string of the molecule is CN=C(NCc1ccc(S(N)(=O)=O)s1)NCc1nc(C)c(C)s1.I. The van der Waals surface area contributed by atoms with Crippen molar-refractivity contribution in [2.24, 2.45) is 10.1 Å². The average molecular weight is 501 g/mol. The summed E-state index contributed by atoms with van der Waals surface area (Å²) in [6.45, 7) is 5.09. The van der Waals surface area contributed by atoms with E-state index in [-0.39, 0.29) is 28.2 Å². The Kier molecular flexibility index (Phi) is 8.05. The third-order valence-electron chi connectivity index (χ3n) is 3.05. The number of nitrogens with one attached hydrogen (secondary N) is 2. The predicted molar refractivity (Wildman–Crippen MR) is 110 cm³/mol. The lowest BCUT2D eigenvalue weighted by atomic mass is 10.4. The van der Waals surface area contributed by atoms with Crippen LogP contribution in [0, 0.1) is 13.8 Å². The van der Waals surface area contributed by atoms with Gasteiger partial charge in [-0.1, -0.05) is 0 Å². The molecule has 2 heterocycles. The second-order valence-corrected chi connectivity index (χ2v) is 9.04. The van der Waals surface area contributed by atoms with Gasteiger partial charge in [-0.2, -0.15) is 0 Å². The van der Waals surface area contributed by atoms with Crippen molar-refractivity contribution in [1.29, 1.82) is 0 Å². The molecule has 0 bridgehead atoms. The number of hydrogen-bond donors (Lipinski definition) is 3. The summed E-state index contributed by atoms with van der Waals surface area (Å²) >= 11 is 2.80. The Hall–Kier alpha value is -0.760. The Morgan fingerprint density at radius 1 is 1.25 bits per heavy atom. The molecule has 0 atom stereocenters. The van der Waals surface area contributed by atoms with Crippen molar-refractivity contribution in [1.82, 2.24) is 15.6 Å². The van der Waals surface area contributed by atoms with Crippen molar-refractivity contribution in [3.05, 3.63) is 32.6 Å². The largest absolute Gasteiger partial charge is 0.352 e. The van der Waals surface area contributed by atoms with Crippen LogP contribution in [0.15, 0.2) is 21.3 Å². The third kappa shape index (κ3) is 5.95. The van der Waals surface area contributed by atoms with Crippen LogP contribution in [0.25, 0.3) is 0 Å². The number of aryl methyl sites for hydroxylation is 2. The maximum atomic E-state index is 11.3. The molecule has 24 heavy (non-hydrogen) atoms. The van der Waals surface area contributed by atoms with Crippen LogP contribution in [0.5, 0.6) is 0 Å². The number of primary sulfonamides is 1. The second-order valence-electron chi connectivity index (χ2n) is 4.79. The Morgan fingerprint density at radius 3 is 2.42 bits per heavy atom. The first kappa shape index (κ1) is 21.3. The molecule has 0 aromatic carbocycles. The van der Waals surface area contributed by atoms with Gasteiger partial charge in [-0.15, -0.1) is 46.7 Å². The normalized spacial score (nSPS) is 11.9. The highest BCUT2D eigenvalue weighted by molar-refractivity contribution is 14.0. The van der Waals surface area contributed by atoms with Crippen molar-refractivity contribution >= 4 is 62.6 Å². The molecule has 7 nitrogen and oxygen atoms in total. The number of aliphatic imine (C=N–C) groups is 1. The van der Waals surface area contributed by atoms with E-state index in [2.05, 4.69) is 20.6 Å². The van der Waals surface area contributed by atoms with Crippen LogP contribution < -0.4 is 15.8 Å². The fraction of sp³-hybridized carbons (Fsp3) is 0.385. The van der Waals surface area contributed by atoms with E-state index < -0.39 is 10.0 Å². The van der Waals surface area contributed by atoms with Crippen molar-refractivity contribution in [2.45, 2.75) is 31.1 Å². The van der Waals surface area contributed by atoms with Crippen molar-refractivity contribution in [3.63, 3.8) is 0 Å². The first-order valence-electron chi connectivity index (χ1n) is 6.78. The van der Waals surface area contributed by atoms with Crippen LogP contribution in [0.3, 0.4) is 0 Å². The van der Waals surface area contributed by atoms with Crippen LogP contribution in [-0.4, -0.2) is 26.4 Å². The highest BCUT2D eigenvalue weighted by atomic mass is 127. The first-order valence-corrected chi connectivity index (χ1v) is 9.96. The number of hydrogen-bond acceptors (Lipinski definition) is 6. The zero-order valence-corrected chi connectivity index (χ0v) is 18.3. The zero-order chi connectivity index (χ0) is 17.0. The molecular formula is C13H20IN5O2S3. The summed E-state index contributed by atoms with van der Waals surface area (Å²) in [5.41, 5.74) is 1.05. The van der Waals surface area contributed by atoms with Crippen molar-refractivity contribution in [2.75, 3.05) is 7.05 Å². The van der Waals surface area contributed by atoms with Crippen molar-refractivity contribution < 1.29 is 8.42 Å². The lowest BCUT2D eigenvalue weighted by Crippen LogP contribution is -2.36. The summed E-state index contributed by atoms with van der Waals surface area (Å²) in [4.78, 5) is 10.7. The molecule has 2 rings (SSSR count). The number of rotatable bonds is 5. The Balaban J connectivity index is 0.00000288. The first-order chi connectivity index (χ1) is 10.8. The van der Waals surface area contributed by atoms with E-state index in [9.17, 15) is 8.42 Å². The summed E-state index contributed by atoms with van der Waals surface area (Å²) in [5.74, 6) is 0.626. The maximum absolute atomic E-state index is 11.3. The lowest BCUT2D eigenvalue weighted by Gasteiger charge is -2.09. The molecule has 4 N–H and O–H groups in total. The highest BCUT2D eigenvalue weighted by Crippen LogP contribution is 2.20. The molecule has 2 aromatic rings. The van der Waals surface area contributed by atoms with Gasteiger partial charge in [0.2, 0.25) is 10.0 Å². The van der Waals surface area contributed by atoms with Gasteiger partial charge < -0.3 is 10.6 Å². The quantitative estimate of drug-likeness (QED) is 0.330. The fourth-order valence-corrected chi connectivity index (χ4v) is 4.36. The summed E-state index contributed by atoms with van der Waals surface area (Å²) in [6.07, 6.45) is 0. The molecule has 0 spiro atoms. The van der Waals surface area contributed by atoms with Crippen LogP contribution in [0.4, 0.5) is 0 Å². The standard InChI is InChI=1S/C13H19N5O2S3.HI/c1-8-9(2)21-11(18-8)7-17-13(15-3)16-6-10-4-5-12(22-10)23(14,19)20;/h4-5H,6-7H2,1-3H3,(H2,14,19,20)(H2,15,16,17);1H. The molecule has 11 heteroatoms. The van der Waals surface area contributed by atoms with E-state index in [1.807, 2.05) is 13.8 Å². The van der Waals surface area contributed by atoms with Crippen LogP contribution in [0.1, 0.15) is 20.5 Å². The molecule has 0 aliphatic heterocycles. The van der Waals surface area contributed by atoms with Gasteiger partial charge in [0.1, 0.15) is 9.22 Å². The Labute approximate surface area is 166 Å². The monoisotopic (exact) mass is 501 g/mol. The molecule has 0 unspecified atom stereocenters. The van der Waals surface area contributed by atoms with Gasteiger partial charge >= 0.3 is 0 Å². The second kappa shape index (κ2) is 9.08. The Morgan fingerprint density at radius 2 is 1.92 bits per heavy atom. The number of nitrogens with zero attached hydrogens (tertiary/aromatic N) is 2. The van der Waals surface area contributed by atoms with Gasteiger partial charge in [0.15, 0.2) is 5.96 Å². The van der Waals surface area contributed by atoms with Crippen molar-refractivity contribution in [3.8, 4) is 0 Å². The van der Waals surface area contributed by atoms with Gasteiger partial charge in [-0.3, -0.25) is 4.99 Å². The molecule has 134 valence electrons. The number of sulfonamides is 1. The smallest absolute Gasteiger partial charge is 0.247 e. The lowest BCUT2D eigenvalue weighted by molar-refractivity contribution is 0.600. The van der Waals surface area contributed by atoms with Gasteiger partial charge in [0, 0.05) is 16.8 Å². The minimum atomic E-state index is -3.64. The minimum Gasteiger partial charge on any atom is -0.352 e. The molecule has 0 saturated carbocycles. The van der Waals surface area contributed by atoms with Gasteiger partial charge in [0.05, 0.1) is 18.8 Å². The maximum Gasteiger partial charge on any atom is 0.247 e. The van der Waals surface area contributed by atoms with E-state index in [0.717, 1.165) is 26.9 Å². The number of guanidine groups is 1. The summed E-state index contributed by atoms with van der Waals surface area (Å²) < 4.78 is 22.7. The molecular weight excluding hydrogens is 481 g/mol. The molecule has 0 aliphatic rings. The van der Waals surface area contributed by atoms with E-state index in [1.54, 1.807) is 24.5 Å². The van der Waals surface area contributed by atoms with Crippen LogP contribution >= 0.6 is 46.7 Å². The Bertz CT molecular complexity index is 794. The van der Waals surface area contributed by atoms with Crippen LogP contribution in [0.2, 0.25) is 0 Å². The molecule has 2 aromatic heterocycles. The number of thiazole rings is 1. The summed E-state index contributed by atoms with van der Waals surface area (Å²) in [5, 5.41) is 12.4. The number of aromatic nitrogens is 1. The van der Waals surface area contributed by atoms with Crippen LogP contribution in [-0.2, 0) is 23.1 Å². The van der Waals surface area contributed by atoms with E-state index in [0.29, 0.717) is 19.0 Å². The summed E-state index contributed by atoms with van der Waals surface area (Å²) in [6, 6.07) is 3.24. The third-order valence-corrected chi connectivity index (χ3v) is 6.65. The molecule has 0 radical (unpaired) electrons. The zero-order valence-electron chi connectivity index (χ0n) is 13.5. The molecule has 0 fully saturated rings. The highest BCUT2D eigenvalue weighted by Gasteiger charge is 2.11. The van der Waals surface area contributed by atoms with Gasteiger partial charge in [-0.05, 0) is 26.0 Å².